The number of amides is 4. The van der Waals surface area contributed by atoms with Crippen LogP contribution in [0.15, 0.2) is 0 Å². The van der Waals surface area contributed by atoms with E-state index >= 15 is 0 Å². The van der Waals surface area contributed by atoms with Gasteiger partial charge in [0, 0.05) is 0 Å². The van der Waals surface area contributed by atoms with Crippen LogP contribution in [0.1, 0.15) is 13.8 Å². The molecule has 0 aromatic rings. The molecule has 0 bridgehead atoms. The molecule has 0 saturated carbocycles. The van der Waals surface area contributed by atoms with Crippen LogP contribution in [0.4, 0.5) is 19.2 Å². The van der Waals surface area contributed by atoms with E-state index in [4.69, 9.17) is 20.4 Å². The monoisotopic (exact) mass is 264 g/mol. The van der Waals surface area contributed by atoms with Gasteiger partial charge in [0.2, 0.25) is 0 Å². The zero-order valence-electron chi connectivity index (χ0n) is 9.47. The van der Waals surface area contributed by atoms with E-state index < -0.39 is 36.5 Å². The fourth-order valence-electron chi connectivity index (χ4n) is 1.29. The molecule has 0 radical (unpaired) electrons. The van der Waals surface area contributed by atoms with Crippen molar-refractivity contribution in [3.8, 4) is 0 Å². The van der Waals surface area contributed by atoms with E-state index in [1.54, 1.807) is 0 Å². The predicted molar refractivity (Wildman–Crippen MR) is 54.7 cm³/mol. The number of carbonyl (C=O) groups is 4. The van der Waals surface area contributed by atoms with Crippen molar-refractivity contribution in [1.29, 1.82) is 0 Å². The Kier molecular flexibility index (Phi) is 4.90. The van der Waals surface area contributed by atoms with Crippen LogP contribution >= 0.6 is 0 Å². The molecule has 4 amide bonds. The molecule has 102 valence electrons. The van der Waals surface area contributed by atoms with Gasteiger partial charge in [-0.2, -0.15) is 0 Å². The molecule has 0 aliphatic heterocycles. The fraction of sp³-hybridized carbons (Fsp3) is 0.500. The van der Waals surface area contributed by atoms with E-state index in [0.29, 0.717) is 0 Å². The highest BCUT2D eigenvalue weighted by molar-refractivity contribution is 5.88. The number of hydrogen-bond acceptors (Lipinski definition) is 4. The average Bonchev–Trinajstić information content (AvgIpc) is 2.14. The van der Waals surface area contributed by atoms with Crippen LogP contribution < -0.4 is 0 Å². The minimum atomic E-state index is -1.82. The highest BCUT2D eigenvalue weighted by Crippen LogP contribution is 2.12. The Labute approximate surface area is 101 Å². The minimum Gasteiger partial charge on any atom is -0.465 e. The molecule has 2 unspecified atom stereocenters. The molecular formula is C8H12N2O8. The highest BCUT2D eigenvalue weighted by atomic mass is 16.4. The van der Waals surface area contributed by atoms with E-state index in [2.05, 4.69) is 0 Å². The van der Waals surface area contributed by atoms with Crippen molar-refractivity contribution in [3.63, 3.8) is 0 Å². The Hall–Kier alpha value is -2.52. The summed E-state index contributed by atoms with van der Waals surface area (Å²) < 4.78 is 0. The van der Waals surface area contributed by atoms with Crippen LogP contribution in [-0.2, 0) is 0 Å². The zero-order chi connectivity index (χ0) is 14.6. The summed E-state index contributed by atoms with van der Waals surface area (Å²) in [5, 5.41) is 34.6. The number of rotatable bonds is 3. The van der Waals surface area contributed by atoms with Gasteiger partial charge < -0.3 is 20.4 Å². The summed E-state index contributed by atoms with van der Waals surface area (Å²) in [6, 6.07) is -2.76. The van der Waals surface area contributed by atoms with Crippen molar-refractivity contribution in [2.24, 2.45) is 0 Å². The maximum atomic E-state index is 10.7. The lowest BCUT2D eigenvalue weighted by molar-refractivity contribution is 0.0687. The van der Waals surface area contributed by atoms with Gasteiger partial charge in [0.1, 0.15) is 0 Å². The van der Waals surface area contributed by atoms with Gasteiger partial charge >= 0.3 is 24.4 Å². The van der Waals surface area contributed by atoms with Crippen molar-refractivity contribution >= 4 is 24.4 Å². The third-order valence-corrected chi connectivity index (χ3v) is 2.34. The number of imide groups is 2. The summed E-state index contributed by atoms with van der Waals surface area (Å²) in [7, 11) is 0. The minimum absolute atomic E-state index is 0.0659. The molecular weight excluding hydrogens is 252 g/mol. The first-order valence-corrected chi connectivity index (χ1v) is 4.61. The number of carboxylic acid groups (broad SMARTS) is 4. The quantitative estimate of drug-likeness (QED) is 0.589. The molecule has 0 aliphatic carbocycles. The summed E-state index contributed by atoms with van der Waals surface area (Å²) in [5.41, 5.74) is 0. The lowest BCUT2D eigenvalue weighted by atomic mass is 10.1. The van der Waals surface area contributed by atoms with Gasteiger partial charge in [0.15, 0.2) is 0 Å². The smallest absolute Gasteiger partial charge is 0.417 e. The molecule has 0 heterocycles. The van der Waals surface area contributed by atoms with E-state index in [-0.39, 0.29) is 9.80 Å². The van der Waals surface area contributed by atoms with Crippen LogP contribution in [0.25, 0.3) is 0 Å². The Bertz CT molecular complexity index is 317. The first kappa shape index (κ1) is 15.5. The molecule has 0 fully saturated rings. The second-order valence-corrected chi connectivity index (χ2v) is 3.35. The lowest BCUT2D eigenvalue weighted by Gasteiger charge is -2.31. The number of nitrogens with zero attached hydrogens (tertiary/aromatic N) is 2. The van der Waals surface area contributed by atoms with Gasteiger partial charge in [0.05, 0.1) is 12.1 Å². The molecule has 2 atom stereocenters. The van der Waals surface area contributed by atoms with Crippen LogP contribution in [0, 0.1) is 0 Å². The fourth-order valence-corrected chi connectivity index (χ4v) is 1.29. The van der Waals surface area contributed by atoms with E-state index in [1.807, 2.05) is 0 Å². The largest absolute Gasteiger partial charge is 0.465 e. The molecule has 0 aromatic heterocycles. The normalized spacial score (nSPS) is 13.2. The van der Waals surface area contributed by atoms with Gasteiger partial charge in [-0.25, -0.2) is 29.0 Å². The molecule has 0 aliphatic rings. The van der Waals surface area contributed by atoms with Crippen molar-refractivity contribution in [3.05, 3.63) is 0 Å². The third-order valence-electron chi connectivity index (χ3n) is 2.34. The SMILES string of the molecule is CC(C(C)N(C(=O)O)C(=O)O)N(C(=O)O)C(=O)O. The molecule has 0 aromatic carbocycles. The molecule has 10 heteroatoms. The standard InChI is InChI=1S/C8H12N2O8/c1-3(9(5(11)12)6(13)14)4(2)10(7(15)16)8(17)18/h3-4H,1-2H3,(H,11,12)(H,13,14)(H,15,16)(H,17,18). The van der Waals surface area contributed by atoms with Crippen molar-refractivity contribution in [2.75, 3.05) is 0 Å². The van der Waals surface area contributed by atoms with E-state index in [9.17, 15) is 19.2 Å². The predicted octanol–water partition coefficient (Wildman–Crippen LogP) is 1.08. The Morgan fingerprint density at radius 2 is 0.833 bits per heavy atom. The molecule has 0 spiro atoms. The van der Waals surface area contributed by atoms with Gasteiger partial charge in [-0.15, -0.1) is 0 Å². The summed E-state index contributed by atoms with van der Waals surface area (Å²) in [6.45, 7) is 2.18. The van der Waals surface area contributed by atoms with E-state index in [1.165, 1.54) is 0 Å². The Morgan fingerprint density at radius 1 is 0.667 bits per heavy atom. The lowest BCUT2D eigenvalue weighted by Crippen LogP contribution is -2.55. The van der Waals surface area contributed by atoms with Gasteiger partial charge in [-0.3, -0.25) is 0 Å². The third kappa shape index (κ3) is 3.23. The average molecular weight is 264 g/mol. The maximum absolute atomic E-state index is 10.7. The van der Waals surface area contributed by atoms with Crippen LogP contribution in [0.2, 0.25) is 0 Å². The van der Waals surface area contributed by atoms with E-state index in [0.717, 1.165) is 13.8 Å². The highest BCUT2D eigenvalue weighted by Gasteiger charge is 2.37. The summed E-state index contributed by atoms with van der Waals surface area (Å²) in [6.07, 6.45) is -7.29. The molecule has 0 rings (SSSR count). The van der Waals surface area contributed by atoms with Gasteiger partial charge in [0.25, 0.3) is 0 Å². The first-order chi connectivity index (χ1) is 8.11. The van der Waals surface area contributed by atoms with Gasteiger partial charge in [-0.05, 0) is 13.8 Å². The summed E-state index contributed by atoms with van der Waals surface area (Å²) in [5.74, 6) is 0. The maximum Gasteiger partial charge on any atom is 0.417 e. The topological polar surface area (TPSA) is 156 Å². The van der Waals surface area contributed by atoms with Crippen LogP contribution in [-0.4, -0.2) is 66.7 Å². The van der Waals surface area contributed by atoms with Crippen molar-refractivity contribution in [2.45, 2.75) is 25.9 Å². The molecule has 4 N–H and O–H groups in total. The Morgan fingerprint density at radius 3 is 0.944 bits per heavy atom. The van der Waals surface area contributed by atoms with Crippen molar-refractivity contribution < 1.29 is 39.6 Å². The summed E-state index contributed by atoms with van der Waals surface area (Å²) >= 11 is 0. The second-order valence-electron chi connectivity index (χ2n) is 3.35. The molecule has 18 heavy (non-hydrogen) atoms. The molecule has 0 saturated heterocycles. The van der Waals surface area contributed by atoms with Gasteiger partial charge in [-0.1, -0.05) is 0 Å². The van der Waals surface area contributed by atoms with Crippen LogP contribution in [0.3, 0.4) is 0 Å². The first-order valence-electron chi connectivity index (χ1n) is 4.61. The zero-order valence-corrected chi connectivity index (χ0v) is 9.47. The number of hydrogen-bond donors (Lipinski definition) is 4. The molecule has 10 nitrogen and oxygen atoms in total. The van der Waals surface area contributed by atoms with Crippen LogP contribution in [0.5, 0.6) is 0 Å². The van der Waals surface area contributed by atoms with Crippen molar-refractivity contribution in [1.82, 2.24) is 9.80 Å². The summed E-state index contributed by atoms with van der Waals surface area (Å²) in [4.78, 5) is 42.6. The Balaban J connectivity index is 5.22. The second kappa shape index (κ2) is 5.70.